The number of hydrogen-bond donors (Lipinski definition) is 2. The lowest BCUT2D eigenvalue weighted by molar-refractivity contribution is 0.0946. The van der Waals surface area contributed by atoms with Gasteiger partial charge in [0.05, 0.1) is 19.3 Å². The van der Waals surface area contributed by atoms with Crippen LogP contribution >= 0.6 is 11.3 Å². The summed E-state index contributed by atoms with van der Waals surface area (Å²) < 4.78 is 1.56. The Morgan fingerprint density at radius 3 is 3.06 bits per heavy atom. The van der Waals surface area contributed by atoms with E-state index in [0.717, 1.165) is 4.88 Å². The first-order valence-corrected chi connectivity index (χ1v) is 6.44. The monoisotopic (exact) mass is 265 g/mol. The number of hydrogen-bond acceptors (Lipinski definition) is 5. The molecule has 18 heavy (non-hydrogen) atoms. The minimum atomic E-state index is -0.218. The van der Waals surface area contributed by atoms with Crippen LogP contribution in [0.1, 0.15) is 20.2 Å². The molecule has 0 aliphatic heterocycles. The van der Waals surface area contributed by atoms with Gasteiger partial charge in [-0.25, -0.2) is 0 Å². The van der Waals surface area contributed by atoms with E-state index in [0.29, 0.717) is 25.3 Å². The molecule has 0 atom stereocenters. The van der Waals surface area contributed by atoms with Crippen molar-refractivity contribution < 1.29 is 4.79 Å². The Morgan fingerprint density at radius 1 is 1.56 bits per heavy atom. The molecular formula is C11H15N5OS. The van der Waals surface area contributed by atoms with Crippen LogP contribution in [0.4, 0.5) is 0 Å². The maximum atomic E-state index is 11.8. The Balaban J connectivity index is 1.90. The summed E-state index contributed by atoms with van der Waals surface area (Å²) in [6.07, 6.45) is 1.60. The fraction of sp³-hybridized carbons (Fsp3) is 0.364. The van der Waals surface area contributed by atoms with Crippen molar-refractivity contribution in [1.82, 2.24) is 20.3 Å². The zero-order chi connectivity index (χ0) is 13.0. The highest BCUT2D eigenvalue weighted by molar-refractivity contribution is 7.11. The van der Waals surface area contributed by atoms with E-state index in [4.69, 9.17) is 5.73 Å². The summed E-state index contributed by atoms with van der Waals surface area (Å²) in [5.74, 6) is -0.218. The van der Waals surface area contributed by atoms with Gasteiger partial charge in [0, 0.05) is 16.3 Å². The number of amides is 1. The maximum Gasteiger partial charge on any atom is 0.273 e. The SMILES string of the molecule is Cc1ccc(CNC(=O)c2cn(CCN)nn2)s1. The van der Waals surface area contributed by atoms with Crippen molar-refractivity contribution in [2.24, 2.45) is 5.73 Å². The van der Waals surface area contributed by atoms with E-state index in [1.54, 1.807) is 22.2 Å². The quantitative estimate of drug-likeness (QED) is 0.826. The highest BCUT2D eigenvalue weighted by Gasteiger charge is 2.10. The first kappa shape index (κ1) is 12.7. The number of aryl methyl sites for hydroxylation is 1. The summed E-state index contributed by atoms with van der Waals surface area (Å²) >= 11 is 1.67. The largest absolute Gasteiger partial charge is 0.346 e. The zero-order valence-electron chi connectivity index (χ0n) is 10.1. The lowest BCUT2D eigenvalue weighted by Crippen LogP contribution is -2.22. The molecule has 3 N–H and O–H groups in total. The van der Waals surface area contributed by atoms with Gasteiger partial charge in [0.1, 0.15) is 0 Å². The van der Waals surface area contributed by atoms with Crippen molar-refractivity contribution in [2.45, 2.75) is 20.0 Å². The van der Waals surface area contributed by atoms with Gasteiger partial charge in [-0.2, -0.15) is 0 Å². The van der Waals surface area contributed by atoms with Crippen molar-refractivity contribution in [1.29, 1.82) is 0 Å². The van der Waals surface area contributed by atoms with Gasteiger partial charge in [-0.1, -0.05) is 5.21 Å². The van der Waals surface area contributed by atoms with Gasteiger partial charge >= 0.3 is 0 Å². The molecule has 2 heterocycles. The standard InChI is InChI=1S/C11H15N5OS/c1-8-2-3-9(18-8)6-13-11(17)10-7-16(5-4-12)15-14-10/h2-3,7H,4-6,12H2,1H3,(H,13,17). The molecule has 0 aliphatic carbocycles. The topological polar surface area (TPSA) is 85.8 Å². The maximum absolute atomic E-state index is 11.8. The molecule has 2 aromatic heterocycles. The summed E-state index contributed by atoms with van der Waals surface area (Å²) in [6, 6.07) is 4.04. The molecule has 1 amide bonds. The van der Waals surface area contributed by atoms with E-state index >= 15 is 0 Å². The summed E-state index contributed by atoms with van der Waals surface area (Å²) in [5.41, 5.74) is 5.71. The minimum Gasteiger partial charge on any atom is -0.346 e. The predicted molar refractivity (Wildman–Crippen MR) is 69.3 cm³/mol. The summed E-state index contributed by atoms with van der Waals surface area (Å²) in [4.78, 5) is 14.1. The molecule has 6 nitrogen and oxygen atoms in total. The van der Waals surface area contributed by atoms with Crippen molar-refractivity contribution >= 4 is 17.2 Å². The average molecular weight is 265 g/mol. The van der Waals surface area contributed by atoms with Crippen LogP contribution < -0.4 is 11.1 Å². The molecule has 96 valence electrons. The van der Waals surface area contributed by atoms with Crippen molar-refractivity contribution in [2.75, 3.05) is 6.54 Å². The number of carbonyl (C=O) groups excluding carboxylic acids is 1. The Morgan fingerprint density at radius 2 is 2.39 bits per heavy atom. The molecule has 7 heteroatoms. The highest BCUT2D eigenvalue weighted by atomic mass is 32.1. The van der Waals surface area contributed by atoms with Gasteiger partial charge in [0.15, 0.2) is 5.69 Å². The summed E-state index contributed by atoms with van der Waals surface area (Å²) in [5, 5.41) is 10.4. The molecule has 0 aliphatic rings. The number of nitrogens with zero attached hydrogens (tertiary/aromatic N) is 3. The van der Waals surface area contributed by atoms with Crippen LogP contribution in [0.2, 0.25) is 0 Å². The summed E-state index contributed by atoms with van der Waals surface area (Å²) in [7, 11) is 0. The molecule has 0 saturated carbocycles. The highest BCUT2D eigenvalue weighted by Crippen LogP contribution is 2.14. The van der Waals surface area contributed by atoms with Gasteiger partial charge in [0.2, 0.25) is 0 Å². The lowest BCUT2D eigenvalue weighted by Gasteiger charge is -1.99. The predicted octanol–water partition coefficient (Wildman–Crippen LogP) is 0.537. The van der Waals surface area contributed by atoms with Crippen molar-refractivity contribution in [3.8, 4) is 0 Å². The molecule has 0 unspecified atom stereocenters. The van der Waals surface area contributed by atoms with Gasteiger partial charge in [-0.15, -0.1) is 16.4 Å². The van der Waals surface area contributed by atoms with Crippen LogP contribution in [0.15, 0.2) is 18.3 Å². The van der Waals surface area contributed by atoms with Gasteiger partial charge in [-0.3, -0.25) is 9.48 Å². The molecule has 0 aromatic carbocycles. The van der Waals surface area contributed by atoms with E-state index in [2.05, 4.69) is 15.6 Å². The third-order valence-corrected chi connectivity index (χ3v) is 3.35. The van der Waals surface area contributed by atoms with E-state index < -0.39 is 0 Å². The third kappa shape index (κ3) is 3.14. The molecule has 2 rings (SSSR count). The first-order chi connectivity index (χ1) is 8.69. The Hall–Kier alpha value is -1.73. The molecule has 0 radical (unpaired) electrons. The van der Waals surface area contributed by atoms with Crippen LogP contribution in [0.5, 0.6) is 0 Å². The number of nitrogens with one attached hydrogen (secondary N) is 1. The van der Waals surface area contributed by atoms with Gasteiger partial charge in [0.25, 0.3) is 5.91 Å². The molecule has 0 fully saturated rings. The fourth-order valence-electron chi connectivity index (χ4n) is 1.48. The molecular weight excluding hydrogens is 250 g/mol. The molecule has 0 saturated heterocycles. The molecule has 0 bridgehead atoms. The number of nitrogens with two attached hydrogens (primary N) is 1. The van der Waals surface area contributed by atoms with Crippen LogP contribution in [0.25, 0.3) is 0 Å². The Kier molecular flexibility index (Phi) is 4.06. The number of rotatable bonds is 5. The Bertz CT molecular complexity index is 533. The van der Waals surface area contributed by atoms with Crippen LogP contribution in [0, 0.1) is 6.92 Å². The van der Waals surface area contributed by atoms with E-state index in [9.17, 15) is 4.79 Å². The second-order valence-corrected chi connectivity index (χ2v) is 5.22. The number of thiophene rings is 1. The van der Waals surface area contributed by atoms with E-state index in [-0.39, 0.29) is 5.91 Å². The number of carbonyl (C=O) groups is 1. The molecule has 2 aromatic rings. The Labute approximate surface area is 109 Å². The molecule has 0 spiro atoms. The van der Waals surface area contributed by atoms with E-state index in [1.807, 2.05) is 19.1 Å². The smallest absolute Gasteiger partial charge is 0.273 e. The van der Waals surface area contributed by atoms with Gasteiger partial charge in [-0.05, 0) is 19.1 Å². The van der Waals surface area contributed by atoms with Crippen LogP contribution in [-0.4, -0.2) is 27.4 Å². The zero-order valence-corrected chi connectivity index (χ0v) is 10.9. The minimum absolute atomic E-state index is 0.218. The van der Waals surface area contributed by atoms with Crippen molar-refractivity contribution in [3.63, 3.8) is 0 Å². The number of aromatic nitrogens is 3. The lowest BCUT2D eigenvalue weighted by atomic mass is 10.4. The third-order valence-electron chi connectivity index (χ3n) is 2.35. The second-order valence-electron chi connectivity index (χ2n) is 3.85. The normalized spacial score (nSPS) is 10.6. The second kappa shape index (κ2) is 5.74. The van der Waals surface area contributed by atoms with Crippen LogP contribution in [0.3, 0.4) is 0 Å². The summed E-state index contributed by atoms with van der Waals surface area (Å²) in [6.45, 7) is 3.58. The van der Waals surface area contributed by atoms with Gasteiger partial charge < -0.3 is 11.1 Å². The van der Waals surface area contributed by atoms with Crippen LogP contribution in [-0.2, 0) is 13.1 Å². The van der Waals surface area contributed by atoms with E-state index in [1.165, 1.54) is 4.88 Å². The average Bonchev–Trinajstić information content (AvgIpc) is 2.96. The fourth-order valence-corrected chi connectivity index (χ4v) is 2.31. The van der Waals surface area contributed by atoms with Crippen molar-refractivity contribution in [3.05, 3.63) is 33.8 Å². The first-order valence-electron chi connectivity index (χ1n) is 5.63.